The van der Waals surface area contributed by atoms with Gasteiger partial charge in [-0.3, -0.25) is 4.99 Å². The van der Waals surface area contributed by atoms with E-state index in [1.807, 2.05) is 48.5 Å². The van der Waals surface area contributed by atoms with E-state index in [9.17, 15) is 0 Å². The SMILES string of the molecule is COc1ccc(NC(N)=NCCC2COc3ccccc3O2)cc1. The lowest BCUT2D eigenvalue weighted by Crippen LogP contribution is -2.30. The molecule has 0 saturated carbocycles. The number of para-hydroxylation sites is 2. The first-order valence-corrected chi connectivity index (χ1v) is 7.84. The third-order valence-electron chi connectivity index (χ3n) is 3.66. The van der Waals surface area contributed by atoms with Crippen LogP contribution < -0.4 is 25.3 Å². The number of hydrogen-bond acceptors (Lipinski definition) is 4. The van der Waals surface area contributed by atoms with E-state index in [0.717, 1.165) is 29.4 Å². The molecular weight excluding hydrogens is 306 g/mol. The fourth-order valence-electron chi connectivity index (χ4n) is 2.40. The Morgan fingerprint density at radius 2 is 1.96 bits per heavy atom. The van der Waals surface area contributed by atoms with Crippen LogP contribution in [0.15, 0.2) is 53.5 Å². The summed E-state index contributed by atoms with van der Waals surface area (Å²) in [5, 5.41) is 3.05. The topological polar surface area (TPSA) is 78.1 Å². The molecule has 1 aliphatic rings. The number of aliphatic imine (C=N–C) groups is 1. The van der Waals surface area contributed by atoms with E-state index in [1.54, 1.807) is 7.11 Å². The molecule has 1 heterocycles. The Labute approximate surface area is 141 Å². The van der Waals surface area contributed by atoms with Gasteiger partial charge in [0.1, 0.15) is 18.5 Å². The molecule has 0 amide bonds. The van der Waals surface area contributed by atoms with Crippen molar-refractivity contribution in [3.05, 3.63) is 48.5 Å². The van der Waals surface area contributed by atoms with E-state index in [-0.39, 0.29) is 6.10 Å². The van der Waals surface area contributed by atoms with Crippen molar-refractivity contribution in [3.8, 4) is 17.2 Å². The van der Waals surface area contributed by atoms with Crippen LogP contribution >= 0.6 is 0 Å². The van der Waals surface area contributed by atoms with Crippen molar-refractivity contribution in [2.45, 2.75) is 12.5 Å². The summed E-state index contributed by atoms with van der Waals surface area (Å²) in [5.41, 5.74) is 6.77. The van der Waals surface area contributed by atoms with E-state index in [2.05, 4.69) is 10.3 Å². The second-order valence-electron chi connectivity index (χ2n) is 5.41. The van der Waals surface area contributed by atoms with Crippen LogP contribution in [-0.2, 0) is 0 Å². The lowest BCUT2D eigenvalue weighted by atomic mass is 10.2. The number of methoxy groups -OCH3 is 1. The smallest absolute Gasteiger partial charge is 0.193 e. The van der Waals surface area contributed by atoms with Crippen molar-refractivity contribution >= 4 is 11.6 Å². The standard InChI is InChI=1S/C18H21N3O3/c1-22-14-8-6-13(7-9-14)21-18(19)20-11-10-15-12-23-16-4-2-3-5-17(16)24-15/h2-9,15H,10-12H2,1H3,(H3,19,20,21). The molecule has 6 heteroatoms. The molecule has 0 saturated heterocycles. The largest absolute Gasteiger partial charge is 0.497 e. The first-order valence-electron chi connectivity index (χ1n) is 7.84. The molecule has 6 nitrogen and oxygen atoms in total. The Kier molecular flexibility index (Phi) is 5.05. The quantitative estimate of drug-likeness (QED) is 0.652. The van der Waals surface area contributed by atoms with Crippen molar-refractivity contribution in [1.29, 1.82) is 0 Å². The van der Waals surface area contributed by atoms with Gasteiger partial charge < -0.3 is 25.3 Å². The summed E-state index contributed by atoms with van der Waals surface area (Å²) in [6, 6.07) is 15.2. The van der Waals surface area contributed by atoms with Crippen LogP contribution in [0.3, 0.4) is 0 Å². The number of guanidine groups is 1. The van der Waals surface area contributed by atoms with E-state index in [4.69, 9.17) is 19.9 Å². The molecule has 1 aliphatic heterocycles. The number of nitrogens with zero attached hydrogens (tertiary/aromatic N) is 1. The minimum atomic E-state index is -0.0163. The highest BCUT2D eigenvalue weighted by Gasteiger charge is 2.19. The molecule has 126 valence electrons. The maximum Gasteiger partial charge on any atom is 0.193 e. The van der Waals surface area contributed by atoms with Crippen molar-refractivity contribution in [3.63, 3.8) is 0 Å². The monoisotopic (exact) mass is 327 g/mol. The fraction of sp³-hybridized carbons (Fsp3) is 0.278. The molecule has 0 spiro atoms. The molecule has 0 fully saturated rings. The van der Waals surface area contributed by atoms with Crippen LogP contribution in [0, 0.1) is 0 Å². The number of fused-ring (bicyclic) bond motifs is 1. The van der Waals surface area contributed by atoms with E-state index < -0.39 is 0 Å². The first kappa shape index (κ1) is 16.0. The molecule has 3 rings (SSSR count). The van der Waals surface area contributed by atoms with Crippen LogP contribution in [-0.4, -0.2) is 32.3 Å². The predicted molar refractivity (Wildman–Crippen MR) is 94.1 cm³/mol. The highest BCUT2D eigenvalue weighted by atomic mass is 16.6. The molecule has 0 aliphatic carbocycles. The molecule has 0 radical (unpaired) electrons. The average Bonchev–Trinajstić information content (AvgIpc) is 2.62. The van der Waals surface area contributed by atoms with Gasteiger partial charge >= 0.3 is 0 Å². The van der Waals surface area contributed by atoms with Gasteiger partial charge in [0, 0.05) is 18.7 Å². The molecule has 2 aromatic rings. The highest BCUT2D eigenvalue weighted by molar-refractivity contribution is 5.92. The summed E-state index contributed by atoms with van der Waals surface area (Å²) < 4.78 is 16.7. The maximum atomic E-state index is 5.90. The number of rotatable bonds is 5. The summed E-state index contributed by atoms with van der Waals surface area (Å²) in [6.45, 7) is 1.09. The van der Waals surface area contributed by atoms with Crippen molar-refractivity contribution in [1.82, 2.24) is 0 Å². The first-order chi connectivity index (χ1) is 11.7. The minimum Gasteiger partial charge on any atom is -0.497 e. The van der Waals surface area contributed by atoms with Gasteiger partial charge in [0.15, 0.2) is 17.5 Å². The maximum absolute atomic E-state index is 5.90. The fourth-order valence-corrected chi connectivity index (χ4v) is 2.40. The van der Waals surface area contributed by atoms with Crippen LogP contribution in [0.2, 0.25) is 0 Å². The van der Waals surface area contributed by atoms with E-state index in [0.29, 0.717) is 19.1 Å². The van der Waals surface area contributed by atoms with Crippen LogP contribution in [0.25, 0.3) is 0 Å². The third kappa shape index (κ3) is 4.10. The Balaban J connectivity index is 1.47. The van der Waals surface area contributed by atoms with Gasteiger partial charge in [0.25, 0.3) is 0 Å². The molecule has 3 N–H and O–H groups in total. The lowest BCUT2D eigenvalue weighted by Gasteiger charge is -2.26. The highest BCUT2D eigenvalue weighted by Crippen LogP contribution is 2.31. The number of benzene rings is 2. The summed E-state index contributed by atoms with van der Waals surface area (Å²) in [7, 11) is 1.63. The lowest BCUT2D eigenvalue weighted by molar-refractivity contribution is 0.0867. The van der Waals surface area contributed by atoms with Gasteiger partial charge in [-0.05, 0) is 36.4 Å². The number of nitrogens with two attached hydrogens (primary N) is 1. The van der Waals surface area contributed by atoms with Gasteiger partial charge in [0.05, 0.1) is 7.11 Å². The molecule has 1 atom stereocenters. The van der Waals surface area contributed by atoms with Crippen LogP contribution in [0.1, 0.15) is 6.42 Å². The summed E-state index contributed by atoms with van der Waals surface area (Å²) in [6.07, 6.45) is 0.719. The Morgan fingerprint density at radius 3 is 2.71 bits per heavy atom. The van der Waals surface area contributed by atoms with Crippen molar-refractivity contribution in [2.75, 3.05) is 25.6 Å². The normalized spacial score (nSPS) is 16.5. The summed E-state index contributed by atoms with van der Waals surface area (Å²) in [4.78, 5) is 4.33. The second kappa shape index (κ2) is 7.59. The molecule has 24 heavy (non-hydrogen) atoms. The number of anilines is 1. The zero-order valence-corrected chi connectivity index (χ0v) is 13.6. The molecule has 2 aromatic carbocycles. The zero-order valence-electron chi connectivity index (χ0n) is 13.6. The van der Waals surface area contributed by atoms with Crippen molar-refractivity contribution in [2.24, 2.45) is 10.7 Å². The second-order valence-corrected chi connectivity index (χ2v) is 5.41. The van der Waals surface area contributed by atoms with E-state index >= 15 is 0 Å². The zero-order chi connectivity index (χ0) is 16.8. The Hall–Kier alpha value is -2.89. The van der Waals surface area contributed by atoms with Crippen LogP contribution in [0.4, 0.5) is 5.69 Å². The number of hydrogen-bond donors (Lipinski definition) is 2. The molecule has 0 bridgehead atoms. The van der Waals surface area contributed by atoms with E-state index in [1.165, 1.54) is 0 Å². The van der Waals surface area contributed by atoms with Gasteiger partial charge in [-0.15, -0.1) is 0 Å². The minimum absolute atomic E-state index is 0.0163. The summed E-state index contributed by atoms with van der Waals surface area (Å²) in [5.74, 6) is 2.74. The molecule has 0 aromatic heterocycles. The number of nitrogens with one attached hydrogen (secondary N) is 1. The van der Waals surface area contributed by atoms with Gasteiger partial charge in [0.2, 0.25) is 0 Å². The van der Waals surface area contributed by atoms with Gasteiger partial charge in [-0.1, -0.05) is 12.1 Å². The average molecular weight is 327 g/mol. The van der Waals surface area contributed by atoms with Crippen LogP contribution in [0.5, 0.6) is 17.2 Å². The summed E-state index contributed by atoms with van der Waals surface area (Å²) >= 11 is 0. The van der Waals surface area contributed by atoms with Gasteiger partial charge in [-0.25, -0.2) is 0 Å². The van der Waals surface area contributed by atoms with Crippen molar-refractivity contribution < 1.29 is 14.2 Å². The molecule has 1 unspecified atom stereocenters. The van der Waals surface area contributed by atoms with Gasteiger partial charge in [-0.2, -0.15) is 0 Å². The molecular formula is C18H21N3O3. The Bertz CT molecular complexity index is 701. The Morgan fingerprint density at radius 1 is 1.21 bits per heavy atom. The number of ether oxygens (including phenoxy) is 3. The predicted octanol–water partition coefficient (Wildman–Crippen LogP) is 2.65. The third-order valence-corrected chi connectivity index (χ3v) is 3.66.